The smallest absolute Gasteiger partial charge is 0.342 e. The Hall–Kier alpha value is -3.24. The highest BCUT2D eigenvalue weighted by molar-refractivity contribution is 7.89. The van der Waals surface area contributed by atoms with Gasteiger partial charge in [-0.3, -0.25) is 14.5 Å². The number of fused-ring (bicyclic) bond motifs is 1. The third kappa shape index (κ3) is 3.59. The van der Waals surface area contributed by atoms with Gasteiger partial charge in [0.25, 0.3) is 11.8 Å². The number of sulfonamides is 1. The molecule has 2 aromatic carbocycles. The van der Waals surface area contributed by atoms with Crippen LogP contribution in [0.4, 0.5) is 0 Å². The molecule has 0 radical (unpaired) electrons. The van der Waals surface area contributed by atoms with Crippen molar-refractivity contribution >= 4 is 27.8 Å². The molecule has 28 heavy (non-hydrogen) atoms. The van der Waals surface area contributed by atoms with E-state index in [9.17, 15) is 22.8 Å². The van der Waals surface area contributed by atoms with Crippen molar-refractivity contribution in [3.63, 3.8) is 0 Å². The standard InChI is InChI=1S/C18H16N2O7S/c1-26-15-7-6-11(28(19,24)25)10-14(15)18(23)27-9-8-20-16(21)12-4-2-3-5-13(12)17(20)22/h2-7,10H,8-9H2,1H3,(H2,19,24,25). The summed E-state index contributed by atoms with van der Waals surface area (Å²) in [5.74, 6) is -1.71. The zero-order valence-electron chi connectivity index (χ0n) is 14.7. The van der Waals surface area contributed by atoms with Crippen LogP contribution in [-0.2, 0) is 14.8 Å². The number of methoxy groups -OCH3 is 1. The van der Waals surface area contributed by atoms with Crippen LogP contribution in [0.1, 0.15) is 31.1 Å². The molecule has 146 valence electrons. The molecule has 0 fully saturated rings. The molecule has 3 rings (SSSR count). The molecule has 0 aliphatic carbocycles. The van der Waals surface area contributed by atoms with Crippen molar-refractivity contribution in [2.75, 3.05) is 20.3 Å². The highest BCUT2D eigenvalue weighted by Crippen LogP contribution is 2.24. The van der Waals surface area contributed by atoms with Gasteiger partial charge in [-0.05, 0) is 30.3 Å². The third-order valence-corrected chi connectivity index (χ3v) is 5.06. The van der Waals surface area contributed by atoms with Gasteiger partial charge in [0.1, 0.15) is 17.9 Å². The van der Waals surface area contributed by atoms with Crippen LogP contribution in [0.25, 0.3) is 0 Å². The molecule has 1 heterocycles. The molecule has 2 amide bonds. The van der Waals surface area contributed by atoms with Gasteiger partial charge in [-0.25, -0.2) is 18.4 Å². The highest BCUT2D eigenvalue weighted by atomic mass is 32.2. The molecule has 2 N–H and O–H groups in total. The van der Waals surface area contributed by atoms with Crippen LogP contribution in [0.5, 0.6) is 5.75 Å². The van der Waals surface area contributed by atoms with Gasteiger partial charge in [0.05, 0.1) is 29.7 Å². The summed E-state index contributed by atoms with van der Waals surface area (Å²) in [6, 6.07) is 9.91. The van der Waals surface area contributed by atoms with Crippen LogP contribution in [0, 0.1) is 0 Å². The minimum absolute atomic E-state index is 0.0955. The molecule has 9 nitrogen and oxygen atoms in total. The van der Waals surface area contributed by atoms with Crippen LogP contribution in [0.15, 0.2) is 47.4 Å². The number of hydrogen-bond donors (Lipinski definition) is 1. The summed E-state index contributed by atoms with van der Waals surface area (Å²) in [4.78, 5) is 37.6. The quantitative estimate of drug-likeness (QED) is 0.556. The molecule has 2 aromatic rings. The number of rotatable bonds is 6. The molecule has 0 saturated carbocycles. The number of hydrogen-bond acceptors (Lipinski definition) is 7. The van der Waals surface area contributed by atoms with Gasteiger partial charge < -0.3 is 9.47 Å². The largest absolute Gasteiger partial charge is 0.496 e. The van der Waals surface area contributed by atoms with Crippen LogP contribution < -0.4 is 9.88 Å². The van der Waals surface area contributed by atoms with Gasteiger partial charge in [-0.2, -0.15) is 0 Å². The zero-order chi connectivity index (χ0) is 20.5. The summed E-state index contributed by atoms with van der Waals surface area (Å²) in [7, 11) is -2.72. The summed E-state index contributed by atoms with van der Waals surface area (Å²) in [6.45, 7) is -0.414. The molecular weight excluding hydrogens is 388 g/mol. The van der Waals surface area contributed by atoms with Gasteiger partial charge in [0.2, 0.25) is 10.0 Å². The number of carbonyl (C=O) groups excluding carboxylic acids is 3. The summed E-state index contributed by atoms with van der Waals surface area (Å²) in [5.41, 5.74) is 0.444. The zero-order valence-corrected chi connectivity index (χ0v) is 15.6. The van der Waals surface area contributed by atoms with Crippen LogP contribution >= 0.6 is 0 Å². The van der Waals surface area contributed by atoms with Crippen molar-refractivity contribution < 1.29 is 32.3 Å². The van der Waals surface area contributed by atoms with E-state index < -0.39 is 27.8 Å². The summed E-state index contributed by atoms with van der Waals surface area (Å²) in [6.07, 6.45) is 0. The lowest BCUT2D eigenvalue weighted by Gasteiger charge is -2.14. The topological polar surface area (TPSA) is 133 Å². The number of ether oxygens (including phenoxy) is 2. The van der Waals surface area contributed by atoms with Crippen molar-refractivity contribution in [1.29, 1.82) is 0 Å². The number of imide groups is 1. The summed E-state index contributed by atoms with van der Waals surface area (Å²) >= 11 is 0. The Morgan fingerprint density at radius 2 is 1.68 bits per heavy atom. The van der Waals surface area contributed by atoms with Crippen molar-refractivity contribution in [2.24, 2.45) is 5.14 Å². The fourth-order valence-electron chi connectivity index (χ4n) is 2.77. The van der Waals surface area contributed by atoms with Crippen LogP contribution in [-0.4, -0.2) is 51.4 Å². The maximum absolute atomic E-state index is 12.3. The van der Waals surface area contributed by atoms with E-state index >= 15 is 0 Å². The van der Waals surface area contributed by atoms with Crippen LogP contribution in [0.3, 0.4) is 0 Å². The number of benzene rings is 2. The van der Waals surface area contributed by atoms with Crippen molar-refractivity contribution in [1.82, 2.24) is 4.90 Å². The number of carbonyl (C=O) groups is 3. The molecule has 0 atom stereocenters. The van der Waals surface area contributed by atoms with E-state index in [4.69, 9.17) is 14.6 Å². The van der Waals surface area contributed by atoms with Crippen molar-refractivity contribution in [3.8, 4) is 5.75 Å². The lowest BCUT2D eigenvalue weighted by Crippen LogP contribution is -2.33. The average Bonchev–Trinajstić information content (AvgIpc) is 2.91. The SMILES string of the molecule is COc1ccc(S(N)(=O)=O)cc1C(=O)OCCN1C(=O)c2ccccc2C1=O. The normalized spacial score (nSPS) is 13.4. The minimum Gasteiger partial charge on any atom is -0.496 e. The van der Waals surface area contributed by atoms with Gasteiger partial charge in [-0.15, -0.1) is 0 Å². The molecule has 1 aliphatic heterocycles. The van der Waals surface area contributed by atoms with E-state index in [1.807, 2.05) is 0 Å². The molecule has 1 aliphatic rings. The van der Waals surface area contributed by atoms with E-state index in [0.717, 1.165) is 11.0 Å². The number of nitrogens with zero attached hydrogens (tertiary/aromatic N) is 1. The first kappa shape index (κ1) is 19.5. The fourth-order valence-corrected chi connectivity index (χ4v) is 3.31. The Balaban J connectivity index is 1.70. The Morgan fingerprint density at radius 3 is 2.21 bits per heavy atom. The molecular formula is C18H16N2O7S. The second-order valence-corrected chi connectivity index (χ2v) is 7.41. The molecule has 0 aromatic heterocycles. The predicted molar refractivity (Wildman–Crippen MR) is 96.5 cm³/mol. The fraction of sp³-hybridized carbons (Fsp3) is 0.167. The summed E-state index contributed by atoms with van der Waals surface area (Å²) < 4.78 is 33.1. The van der Waals surface area contributed by atoms with E-state index in [1.165, 1.54) is 19.2 Å². The van der Waals surface area contributed by atoms with E-state index in [2.05, 4.69) is 0 Å². The van der Waals surface area contributed by atoms with E-state index in [0.29, 0.717) is 11.1 Å². The van der Waals surface area contributed by atoms with Gasteiger partial charge in [0.15, 0.2) is 0 Å². The number of nitrogens with two attached hydrogens (primary N) is 1. The maximum atomic E-state index is 12.3. The number of amides is 2. The third-order valence-electron chi connectivity index (χ3n) is 4.15. The Kier molecular flexibility index (Phi) is 5.16. The lowest BCUT2D eigenvalue weighted by atomic mass is 10.1. The molecule has 0 unspecified atom stereocenters. The maximum Gasteiger partial charge on any atom is 0.342 e. The molecule has 10 heteroatoms. The second kappa shape index (κ2) is 7.41. The Labute approximate surface area is 160 Å². The number of esters is 1. The number of primary sulfonamides is 1. The molecule has 0 bridgehead atoms. The first-order valence-corrected chi connectivity index (χ1v) is 9.62. The van der Waals surface area contributed by atoms with Gasteiger partial charge in [-0.1, -0.05) is 12.1 Å². The Morgan fingerprint density at radius 1 is 1.07 bits per heavy atom. The second-order valence-electron chi connectivity index (χ2n) is 5.85. The van der Waals surface area contributed by atoms with Crippen molar-refractivity contribution in [3.05, 3.63) is 59.2 Å². The molecule has 0 spiro atoms. The van der Waals surface area contributed by atoms with Crippen molar-refractivity contribution in [2.45, 2.75) is 4.90 Å². The Bertz CT molecular complexity index is 1040. The average molecular weight is 404 g/mol. The monoisotopic (exact) mass is 404 g/mol. The minimum atomic E-state index is -4.02. The lowest BCUT2D eigenvalue weighted by molar-refractivity contribution is 0.0417. The van der Waals surface area contributed by atoms with E-state index in [-0.39, 0.29) is 29.4 Å². The molecule has 0 saturated heterocycles. The van der Waals surface area contributed by atoms with Gasteiger partial charge >= 0.3 is 5.97 Å². The predicted octanol–water partition coefficient (Wildman–Crippen LogP) is 0.796. The summed E-state index contributed by atoms with van der Waals surface area (Å²) in [5, 5.41) is 5.07. The first-order valence-electron chi connectivity index (χ1n) is 8.07. The highest BCUT2D eigenvalue weighted by Gasteiger charge is 2.34. The first-order chi connectivity index (χ1) is 13.2. The van der Waals surface area contributed by atoms with Gasteiger partial charge in [0, 0.05) is 0 Å². The van der Waals surface area contributed by atoms with Crippen LogP contribution in [0.2, 0.25) is 0 Å². The van der Waals surface area contributed by atoms with E-state index in [1.54, 1.807) is 24.3 Å².